The van der Waals surface area contributed by atoms with Crippen molar-refractivity contribution in [3.05, 3.63) is 53.7 Å². The lowest BCUT2D eigenvalue weighted by Gasteiger charge is -2.17. The van der Waals surface area contributed by atoms with Crippen molar-refractivity contribution in [2.45, 2.75) is 32.1 Å². The highest BCUT2D eigenvalue weighted by Crippen LogP contribution is 2.41. The first-order valence-electron chi connectivity index (χ1n) is 10.2. The molecule has 1 aliphatic heterocycles. The number of likely N-dealkylation sites (tertiary alicyclic amines) is 1. The average molecular weight is 405 g/mol. The number of hydrogen-bond donors (Lipinski definition) is 0. The van der Waals surface area contributed by atoms with Gasteiger partial charge in [0.2, 0.25) is 11.8 Å². The summed E-state index contributed by atoms with van der Waals surface area (Å²) in [6, 6.07) is 12.0. The van der Waals surface area contributed by atoms with E-state index in [0.29, 0.717) is 43.4 Å². The second-order valence-corrected chi connectivity index (χ2v) is 7.74. The van der Waals surface area contributed by atoms with E-state index in [0.717, 1.165) is 33.9 Å². The van der Waals surface area contributed by atoms with E-state index in [1.54, 1.807) is 14.0 Å². The summed E-state index contributed by atoms with van der Waals surface area (Å²) in [7, 11) is 1.65. The van der Waals surface area contributed by atoms with Crippen LogP contribution in [0.5, 0.6) is 5.75 Å². The van der Waals surface area contributed by atoms with Gasteiger partial charge in [-0.05, 0) is 31.0 Å². The summed E-state index contributed by atoms with van der Waals surface area (Å²) in [5.74, 6) is 2.27. The van der Waals surface area contributed by atoms with Gasteiger partial charge in [-0.15, -0.1) is 0 Å². The van der Waals surface area contributed by atoms with Crippen LogP contribution < -0.4 is 4.74 Å². The summed E-state index contributed by atoms with van der Waals surface area (Å²) < 4.78 is 16.8. The number of furan rings is 1. The number of carbonyl (C=O) groups is 1. The fraction of sp³-hybridized carbons (Fsp3) is 0.348. The first-order valence-corrected chi connectivity index (χ1v) is 10.2. The van der Waals surface area contributed by atoms with Crippen LogP contribution in [0.1, 0.15) is 36.0 Å². The highest BCUT2D eigenvalue weighted by Gasteiger charge is 2.32. The van der Waals surface area contributed by atoms with Crippen LogP contribution in [0.2, 0.25) is 0 Å². The van der Waals surface area contributed by atoms with Crippen LogP contribution in [0.3, 0.4) is 0 Å². The zero-order valence-electron chi connectivity index (χ0n) is 17.1. The molecule has 1 atom stereocenters. The summed E-state index contributed by atoms with van der Waals surface area (Å²) >= 11 is 0. The SMILES string of the molecule is COc1ccc(C2CC(=O)N(CCCc3nc(C)no3)C2)c2c1oc1ccccc12. The molecule has 30 heavy (non-hydrogen) atoms. The molecule has 7 nitrogen and oxygen atoms in total. The third kappa shape index (κ3) is 3.20. The zero-order chi connectivity index (χ0) is 20.7. The fourth-order valence-corrected chi connectivity index (χ4v) is 4.39. The van der Waals surface area contributed by atoms with Crippen molar-refractivity contribution in [2.75, 3.05) is 20.2 Å². The van der Waals surface area contributed by atoms with Crippen molar-refractivity contribution < 1.29 is 18.5 Å². The van der Waals surface area contributed by atoms with E-state index >= 15 is 0 Å². The Kier molecular flexibility index (Phi) is 4.65. The summed E-state index contributed by atoms with van der Waals surface area (Å²) in [6.45, 7) is 3.18. The van der Waals surface area contributed by atoms with Crippen molar-refractivity contribution >= 4 is 27.8 Å². The Balaban J connectivity index is 1.40. The summed E-state index contributed by atoms with van der Waals surface area (Å²) in [4.78, 5) is 18.9. The lowest BCUT2D eigenvalue weighted by molar-refractivity contribution is -0.127. The van der Waals surface area contributed by atoms with Crippen molar-refractivity contribution in [1.82, 2.24) is 15.0 Å². The lowest BCUT2D eigenvalue weighted by atomic mass is 9.93. The molecular formula is C23H23N3O4. The highest BCUT2D eigenvalue weighted by atomic mass is 16.5. The minimum absolute atomic E-state index is 0.123. The molecule has 7 heteroatoms. The van der Waals surface area contributed by atoms with E-state index in [1.165, 1.54) is 0 Å². The number of aryl methyl sites for hydroxylation is 2. The van der Waals surface area contributed by atoms with Crippen LogP contribution in [-0.2, 0) is 11.2 Å². The maximum absolute atomic E-state index is 12.7. The Morgan fingerprint density at radius 1 is 1.23 bits per heavy atom. The van der Waals surface area contributed by atoms with E-state index in [2.05, 4.69) is 22.3 Å². The number of carbonyl (C=O) groups excluding carboxylic acids is 1. The summed E-state index contributed by atoms with van der Waals surface area (Å²) in [5.41, 5.74) is 2.71. The van der Waals surface area contributed by atoms with Crippen LogP contribution in [0.25, 0.3) is 21.9 Å². The van der Waals surface area contributed by atoms with Gasteiger partial charge < -0.3 is 18.6 Å². The Bertz CT molecular complexity index is 1230. The zero-order valence-corrected chi connectivity index (χ0v) is 17.1. The van der Waals surface area contributed by atoms with Gasteiger partial charge in [-0.3, -0.25) is 4.79 Å². The predicted octanol–water partition coefficient (Wildman–Crippen LogP) is 4.23. The lowest BCUT2D eigenvalue weighted by Crippen LogP contribution is -2.26. The smallest absolute Gasteiger partial charge is 0.226 e. The molecule has 0 radical (unpaired) electrons. The number of fused-ring (bicyclic) bond motifs is 3. The van der Waals surface area contributed by atoms with Crippen LogP contribution in [0.15, 0.2) is 45.3 Å². The molecule has 1 fully saturated rings. The van der Waals surface area contributed by atoms with Gasteiger partial charge in [-0.2, -0.15) is 4.98 Å². The van der Waals surface area contributed by atoms with Gasteiger partial charge in [-0.1, -0.05) is 29.4 Å². The number of aromatic nitrogens is 2. The highest BCUT2D eigenvalue weighted by molar-refractivity contribution is 6.09. The molecule has 3 heterocycles. The van der Waals surface area contributed by atoms with Gasteiger partial charge in [0.1, 0.15) is 5.58 Å². The Labute approximate surface area is 173 Å². The molecule has 1 saturated heterocycles. The molecule has 0 bridgehead atoms. The van der Waals surface area contributed by atoms with E-state index in [-0.39, 0.29) is 11.8 Å². The molecule has 4 aromatic rings. The normalized spacial score (nSPS) is 16.8. The minimum atomic E-state index is 0.123. The Hall–Kier alpha value is -3.35. The number of para-hydroxylation sites is 1. The molecule has 0 saturated carbocycles. The van der Waals surface area contributed by atoms with E-state index in [9.17, 15) is 4.79 Å². The number of nitrogens with zero attached hydrogens (tertiary/aromatic N) is 3. The molecule has 1 aliphatic rings. The van der Waals surface area contributed by atoms with E-state index in [1.807, 2.05) is 29.2 Å². The fourth-order valence-electron chi connectivity index (χ4n) is 4.39. The minimum Gasteiger partial charge on any atom is -0.493 e. The van der Waals surface area contributed by atoms with Gasteiger partial charge in [0.25, 0.3) is 0 Å². The number of benzene rings is 2. The van der Waals surface area contributed by atoms with Gasteiger partial charge in [-0.25, -0.2) is 0 Å². The van der Waals surface area contributed by atoms with Crippen LogP contribution in [0, 0.1) is 6.92 Å². The average Bonchev–Trinajstić information content (AvgIpc) is 3.44. The van der Waals surface area contributed by atoms with Gasteiger partial charge in [0, 0.05) is 42.6 Å². The van der Waals surface area contributed by atoms with Crippen molar-refractivity contribution in [1.29, 1.82) is 0 Å². The van der Waals surface area contributed by atoms with Crippen molar-refractivity contribution in [2.24, 2.45) is 0 Å². The quantitative estimate of drug-likeness (QED) is 0.477. The van der Waals surface area contributed by atoms with Gasteiger partial charge in [0.05, 0.1) is 7.11 Å². The summed E-state index contributed by atoms with van der Waals surface area (Å²) in [5, 5.41) is 5.91. The van der Waals surface area contributed by atoms with Gasteiger partial charge in [0.15, 0.2) is 17.2 Å². The standard InChI is InChI=1S/C23H23N3O4/c1-14-24-20(30-25-14)8-5-11-26-13-15(12-21(26)27)16-9-10-19(28-2)23-22(16)17-6-3-4-7-18(17)29-23/h3-4,6-7,9-10,15H,5,8,11-13H2,1-2H3. The molecule has 5 rings (SSSR count). The first-order chi connectivity index (χ1) is 14.6. The van der Waals surface area contributed by atoms with Crippen LogP contribution in [0.4, 0.5) is 0 Å². The number of methoxy groups -OCH3 is 1. The van der Waals surface area contributed by atoms with Crippen molar-refractivity contribution in [3.8, 4) is 5.75 Å². The van der Waals surface area contributed by atoms with Gasteiger partial charge >= 0.3 is 0 Å². The van der Waals surface area contributed by atoms with Crippen LogP contribution >= 0.6 is 0 Å². The van der Waals surface area contributed by atoms with Crippen LogP contribution in [-0.4, -0.2) is 41.1 Å². The molecule has 1 amide bonds. The predicted molar refractivity (Wildman–Crippen MR) is 112 cm³/mol. The van der Waals surface area contributed by atoms with E-state index < -0.39 is 0 Å². The maximum atomic E-state index is 12.7. The Morgan fingerprint density at radius 3 is 2.90 bits per heavy atom. The molecule has 154 valence electrons. The number of amides is 1. The van der Waals surface area contributed by atoms with Crippen molar-refractivity contribution in [3.63, 3.8) is 0 Å². The molecule has 0 N–H and O–H groups in total. The third-order valence-corrected chi connectivity index (χ3v) is 5.78. The molecule has 1 unspecified atom stereocenters. The first kappa shape index (κ1) is 18.7. The summed E-state index contributed by atoms with van der Waals surface area (Å²) in [6.07, 6.45) is 1.97. The molecule has 0 spiro atoms. The molecule has 0 aliphatic carbocycles. The van der Waals surface area contributed by atoms with E-state index in [4.69, 9.17) is 13.7 Å². The largest absolute Gasteiger partial charge is 0.493 e. The number of ether oxygens (including phenoxy) is 1. The maximum Gasteiger partial charge on any atom is 0.226 e. The third-order valence-electron chi connectivity index (χ3n) is 5.78. The topological polar surface area (TPSA) is 81.6 Å². The molecule has 2 aromatic heterocycles. The molecular weight excluding hydrogens is 382 g/mol. The second kappa shape index (κ2) is 7.48. The Morgan fingerprint density at radius 2 is 2.10 bits per heavy atom. The second-order valence-electron chi connectivity index (χ2n) is 7.74. The monoisotopic (exact) mass is 405 g/mol. The number of hydrogen-bond acceptors (Lipinski definition) is 6. The molecule has 2 aromatic carbocycles. The number of rotatable bonds is 6.